The van der Waals surface area contributed by atoms with Gasteiger partial charge >= 0.3 is 0 Å². The largest absolute Gasteiger partial charge is 0.293 e. The first-order valence-corrected chi connectivity index (χ1v) is 4.45. The van der Waals surface area contributed by atoms with Gasteiger partial charge in [0.2, 0.25) is 0 Å². The number of carbonyl (C=O) groups excluding carboxylic acids is 1. The molecule has 0 radical (unpaired) electrons. The highest BCUT2D eigenvalue weighted by atomic mass is 19.2. The van der Waals surface area contributed by atoms with E-state index in [0.717, 1.165) is 6.07 Å². The third-order valence-electron chi connectivity index (χ3n) is 2.23. The average Bonchev–Trinajstić information content (AvgIpc) is 2.25. The fourth-order valence-corrected chi connectivity index (χ4v) is 1.50. The van der Waals surface area contributed by atoms with Crippen LogP contribution >= 0.6 is 0 Å². The molecule has 0 saturated heterocycles. The molecular weight excluding hydrogens is 219 g/mol. The topological polar surface area (TPSA) is 30.0 Å². The minimum atomic E-state index is -1.55. The third-order valence-corrected chi connectivity index (χ3v) is 2.23. The second-order valence-corrected chi connectivity index (χ2v) is 3.30. The molecule has 1 heterocycles. The lowest BCUT2D eigenvalue weighted by Gasteiger charge is -2.04. The molecule has 1 aromatic carbocycles. The Morgan fingerprint density at radius 2 is 1.88 bits per heavy atom. The zero-order valence-electron chi connectivity index (χ0n) is 8.22. The van der Waals surface area contributed by atoms with Crippen LogP contribution in [0.2, 0.25) is 0 Å². The number of hydrogen-bond acceptors (Lipinski definition) is 2. The minimum Gasteiger partial charge on any atom is -0.293 e. The van der Waals surface area contributed by atoms with Crippen molar-refractivity contribution in [1.82, 2.24) is 4.98 Å². The summed E-state index contributed by atoms with van der Waals surface area (Å²) in [5.74, 6) is -4.62. The van der Waals surface area contributed by atoms with E-state index in [9.17, 15) is 18.0 Å². The lowest BCUT2D eigenvalue weighted by molar-refractivity contribution is 0.101. The van der Waals surface area contributed by atoms with Crippen LogP contribution in [0, 0.1) is 17.5 Å². The van der Waals surface area contributed by atoms with Crippen molar-refractivity contribution in [2.75, 3.05) is 0 Å². The lowest BCUT2D eigenvalue weighted by Crippen LogP contribution is -2.01. The molecule has 5 heteroatoms. The quantitative estimate of drug-likeness (QED) is 0.551. The number of carbonyl (C=O) groups is 1. The number of halogens is 3. The SMILES string of the molecule is CC(=O)c1nccc2c(F)c(F)c(F)cc12. The summed E-state index contributed by atoms with van der Waals surface area (Å²) in [5, 5.41) is -0.175. The number of pyridine rings is 1. The molecule has 82 valence electrons. The Morgan fingerprint density at radius 3 is 2.50 bits per heavy atom. The zero-order chi connectivity index (χ0) is 11.9. The average molecular weight is 225 g/mol. The molecule has 0 atom stereocenters. The number of rotatable bonds is 1. The first-order valence-electron chi connectivity index (χ1n) is 4.45. The van der Waals surface area contributed by atoms with Crippen LogP contribution in [0.4, 0.5) is 13.2 Å². The van der Waals surface area contributed by atoms with Gasteiger partial charge in [0, 0.05) is 23.9 Å². The maximum Gasteiger partial charge on any atom is 0.195 e. The van der Waals surface area contributed by atoms with Crippen LogP contribution in [-0.2, 0) is 0 Å². The number of benzene rings is 1. The summed E-state index contributed by atoms with van der Waals surface area (Å²) < 4.78 is 39.3. The summed E-state index contributed by atoms with van der Waals surface area (Å²) in [6.07, 6.45) is 1.18. The Hall–Kier alpha value is -1.91. The maximum atomic E-state index is 13.3. The highest BCUT2D eigenvalue weighted by molar-refractivity contribution is 6.05. The fraction of sp³-hybridized carbons (Fsp3) is 0.0909. The Balaban J connectivity index is 2.95. The van der Waals surface area contributed by atoms with E-state index in [-0.39, 0.29) is 16.5 Å². The van der Waals surface area contributed by atoms with Gasteiger partial charge in [0.1, 0.15) is 5.69 Å². The van der Waals surface area contributed by atoms with Crippen LogP contribution < -0.4 is 0 Å². The summed E-state index contributed by atoms with van der Waals surface area (Å²) in [6, 6.07) is 1.97. The van der Waals surface area contributed by atoms with E-state index in [0.29, 0.717) is 0 Å². The van der Waals surface area contributed by atoms with Crippen LogP contribution in [0.5, 0.6) is 0 Å². The monoisotopic (exact) mass is 225 g/mol. The van der Waals surface area contributed by atoms with Crippen molar-refractivity contribution in [3.63, 3.8) is 0 Å². The summed E-state index contributed by atoms with van der Waals surface area (Å²) in [5.41, 5.74) is -0.0738. The third kappa shape index (κ3) is 1.44. The van der Waals surface area contributed by atoms with Gasteiger partial charge in [-0.05, 0) is 12.1 Å². The zero-order valence-corrected chi connectivity index (χ0v) is 8.22. The van der Waals surface area contributed by atoms with Crippen molar-refractivity contribution >= 4 is 16.6 Å². The summed E-state index contributed by atoms with van der Waals surface area (Å²) >= 11 is 0. The number of ketones is 1. The molecule has 16 heavy (non-hydrogen) atoms. The van der Waals surface area contributed by atoms with Gasteiger partial charge in [0.05, 0.1) is 0 Å². The molecule has 0 fully saturated rings. The van der Waals surface area contributed by atoms with Gasteiger partial charge in [-0.2, -0.15) is 0 Å². The van der Waals surface area contributed by atoms with E-state index < -0.39 is 23.2 Å². The van der Waals surface area contributed by atoms with Crippen molar-refractivity contribution < 1.29 is 18.0 Å². The highest BCUT2D eigenvalue weighted by Gasteiger charge is 2.17. The molecule has 0 aliphatic rings. The molecule has 1 aromatic heterocycles. The van der Waals surface area contributed by atoms with Crippen LogP contribution in [0.25, 0.3) is 10.8 Å². The molecule has 2 rings (SSSR count). The fourth-order valence-electron chi connectivity index (χ4n) is 1.50. The maximum absolute atomic E-state index is 13.3. The molecule has 0 amide bonds. The Morgan fingerprint density at radius 1 is 1.19 bits per heavy atom. The van der Waals surface area contributed by atoms with Gasteiger partial charge in [-0.15, -0.1) is 0 Å². The van der Waals surface area contributed by atoms with Crippen molar-refractivity contribution in [2.45, 2.75) is 6.92 Å². The van der Waals surface area contributed by atoms with Gasteiger partial charge in [-0.1, -0.05) is 0 Å². The van der Waals surface area contributed by atoms with E-state index in [4.69, 9.17) is 0 Å². The number of hydrogen-bond donors (Lipinski definition) is 0. The number of nitrogens with zero attached hydrogens (tertiary/aromatic N) is 1. The molecule has 0 aliphatic heterocycles. The molecule has 0 bridgehead atoms. The van der Waals surface area contributed by atoms with Crippen LogP contribution in [0.3, 0.4) is 0 Å². The molecule has 2 aromatic rings. The minimum absolute atomic E-state index is 0.0219. The lowest BCUT2D eigenvalue weighted by atomic mass is 10.1. The molecule has 0 saturated carbocycles. The number of fused-ring (bicyclic) bond motifs is 1. The van der Waals surface area contributed by atoms with Gasteiger partial charge in [-0.3, -0.25) is 9.78 Å². The molecule has 0 N–H and O–H groups in total. The number of aromatic nitrogens is 1. The van der Waals surface area contributed by atoms with Crippen molar-refractivity contribution in [1.29, 1.82) is 0 Å². The van der Waals surface area contributed by atoms with Gasteiger partial charge < -0.3 is 0 Å². The normalized spacial score (nSPS) is 10.8. The van der Waals surface area contributed by atoms with Crippen LogP contribution in [0.1, 0.15) is 17.4 Å². The Labute approximate surface area is 88.7 Å². The van der Waals surface area contributed by atoms with E-state index in [1.165, 1.54) is 19.2 Å². The van der Waals surface area contributed by atoms with E-state index in [2.05, 4.69) is 4.98 Å². The first-order chi connectivity index (χ1) is 7.52. The number of Topliss-reactive ketones (excluding diaryl/α,β-unsaturated/α-hetero) is 1. The van der Waals surface area contributed by atoms with Gasteiger partial charge in [0.15, 0.2) is 23.2 Å². The van der Waals surface area contributed by atoms with Gasteiger partial charge in [-0.25, -0.2) is 13.2 Å². The Bertz CT molecular complexity index is 595. The summed E-state index contributed by atoms with van der Waals surface area (Å²) in [7, 11) is 0. The summed E-state index contributed by atoms with van der Waals surface area (Å²) in [6.45, 7) is 1.22. The predicted octanol–water partition coefficient (Wildman–Crippen LogP) is 2.85. The van der Waals surface area contributed by atoms with Crippen LogP contribution in [-0.4, -0.2) is 10.8 Å². The van der Waals surface area contributed by atoms with E-state index >= 15 is 0 Å². The van der Waals surface area contributed by atoms with Crippen molar-refractivity contribution in [2.24, 2.45) is 0 Å². The highest BCUT2D eigenvalue weighted by Crippen LogP contribution is 2.24. The molecule has 0 unspecified atom stereocenters. The molecule has 2 nitrogen and oxygen atoms in total. The smallest absolute Gasteiger partial charge is 0.195 e. The van der Waals surface area contributed by atoms with Crippen LogP contribution in [0.15, 0.2) is 18.3 Å². The van der Waals surface area contributed by atoms with E-state index in [1.54, 1.807) is 0 Å². The second kappa shape index (κ2) is 3.59. The van der Waals surface area contributed by atoms with Crippen molar-refractivity contribution in [3.05, 3.63) is 41.5 Å². The van der Waals surface area contributed by atoms with E-state index in [1.807, 2.05) is 0 Å². The molecule has 0 spiro atoms. The summed E-state index contributed by atoms with van der Waals surface area (Å²) in [4.78, 5) is 14.9. The standard InChI is InChI=1S/C11H6F3NO/c1-5(16)11-7-4-8(12)10(14)9(13)6(7)2-3-15-11/h2-4H,1H3. The predicted molar refractivity (Wildman–Crippen MR) is 51.6 cm³/mol. The molecular formula is C11H6F3NO. The Kier molecular flexibility index (Phi) is 2.38. The molecule has 0 aliphatic carbocycles. The van der Waals surface area contributed by atoms with Crippen molar-refractivity contribution in [3.8, 4) is 0 Å². The van der Waals surface area contributed by atoms with Gasteiger partial charge in [0.25, 0.3) is 0 Å². The first kappa shape index (κ1) is 10.6. The second-order valence-electron chi connectivity index (χ2n) is 3.30.